The number of rotatable bonds is 4. The third-order valence-electron chi connectivity index (χ3n) is 1.72. The second-order valence-corrected chi connectivity index (χ2v) is 2.79. The van der Waals surface area contributed by atoms with Gasteiger partial charge in [-0.25, -0.2) is 4.98 Å². The van der Waals surface area contributed by atoms with Crippen molar-refractivity contribution in [2.75, 3.05) is 0 Å². The maximum absolute atomic E-state index is 5.79. The maximum atomic E-state index is 5.79. The smallest absolute Gasteiger partial charge is 0.138 e. The first-order valence-electron chi connectivity index (χ1n) is 3.93. The number of hydrogen-bond acceptors (Lipinski definition) is 3. The quantitative estimate of drug-likeness (QED) is 0.653. The fraction of sp³-hybridized carbons (Fsp3) is 0.500. The van der Waals surface area contributed by atoms with E-state index in [0.717, 1.165) is 18.7 Å². The van der Waals surface area contributed by atoms with Crippen LogP contribution in [0, 0.1) is 0 Å². The normalized spacial score (nSPS) is 12.8. The largest absolute Gasteiger partial charge is 0.327 e. The summed E-state index contributed by atoms with van der Waals surface area (Å²) in [5, 5.41) is 3.95. The first-order chi connectivity index (χ1) is 5.74. The molecule has 4 heteroatoms. The molecule has 1 atom stereocenters. The van der Waals surface area contributed by atoms with E-state index in [0.29, 0.717) is 0 Å². The summed E-state index contributed by atoms with van der Waals surface area (Å²) in [7, 11) is 1.86. The van der Waals surface area contributed by atoms with Crippen LogP contribution in [0.2, 0.25) is 0 Å². The van der Waals surface area contributed by atoms with Crippen molar-refractivity contribution >= 4 is 0 Å². The monoisotopic (exact) mass is 166 g/mol. The van der Waals surface area contributed by atoms with Gasteiger partial charge in [-0.05, 0) is 6.42 Å². The lowest BCUT2D eigenvalue weighted by Gasteiger charge is -2.06. The molecule has 66 valence electrons. The predicted octanol–water partition coefficient (Wildman–Crippen LogP) is 0.261. The minimum absolute atomic E-state index is 0.102. The van der Waals surface area contributed by atoms with Crippen LogP contribution in [0.3, 0.4) is 0 Å². The van der Waals surface area contributed by atoms with Crippen molar-refractivity contribution in [1.82, 2.24) is 14.8 Å². The van der Waals surface area contributed by atoms with Crippen molar-refractivity contribution in [3.8, 4) is 0 Å². The number of aromatic nitrogens is 3. The molecule has 1 unspecified atom stereocenters. The minimum atomic E-state index is 0.102. The summed E-state index contributed by atoms with van der Waals surface area (Å²) < 4.78 is 1.74. The van der Waals surface area contributed by atoms with Crippen molar-refractivity contribution in [3.05, 3.63) is 24.8 Å². The molecule has 1 aromatic rings. The van der Waals surface area contributed by atoms with Gasteiger partial charge in [0, 0.05) is 19.5 Å². The highest BCUT2D eigenvalue weighted by Gasteiger charge is 2.05. The Morgan fingerprint density at radius 1 is 1.83 bits per heavy atom. The van der Waals surface area contributed by atoms with E-state index in [-0.39, 0.29) is 6.04 Å². The van der Waals surface area contributed by atoms with Crippen molar-refractivity contribution in [2.45, 2.75) is 18.9 Å². The Morgan fingerprint density at radius 2 is 2.58 bits per heavy atom. The first kappa shape index (κ1) is 8.93. The molecule has 0 radical (unpaired) electrons. The Balaban J connectivity index is 2.51. The van der Waals surface area contributed by atoms with Crippen molar-refractivity contribution in [1.29, 1.82) is 0 Å². The van der Waals surface area contributed by atoms with Crippen LogP contribution in [-0.4, -0.2) is 20.8 Å². The van der Waals surface area contributed by atoms with Gasteiger partial charge in [-0.3, -0.25) is 4.68 Å². The van der Waals surface area contributed by atoms with Crippen LogP contribution >= 0.6 is 0 Å². The Labute approximate surface area is 72.1 Å². The zero-order valence-electron chi connectivity index (χ0n) is 7.27. The topological polar surface area (TPSA) is 56.7 Å². The fourth-order valence-electron chi connectivity index (χ4n) is 1.04. The van der Waals surface area contributed by atoms with E-state index in [2.05, 4.69) is 16.7 Å². The SMILES string of the molecule is C=CCC(N)Cc1ncnn1C. The Hall–Kier alpha value is -1.16. The second-order valence-electron chi connectivity index (χ2n) is 2.79. The third-order valence-corrected chi connectivity index (χ3v) is 1.72. The predicted molar refractivity (Wildman–Crippen MR) is 47.5 cm³/mol. The van der Waals surface area contributed by atoms with Gasteiger partial charge in [0.05, 0.1) is 0 Å². The summed E-state index contributed by atoms with van der Waals surface area (Å²) >= 11 is 0. The molecular formula is C8H14N4. The molecule has 1 rings (SSSR count). The van der Waals surface area contributed by atoms with Crippen LogP contribution in [0.5, 0.6) is 0 Å². The van der Waals surface area contributed by atoms with Crippen LogP contribution in [0.1, 0.15) is 12.2 Å². The summed E-state index contributed by atoms with van der Waals surface area (Å²) in [6, 6.07) is 0.102. The third kappa shape index (κ3) is 2.17. The number of hydrogen-bond donors (Lipinski definition) is 1. The fourth-order valence-corrected chi connectivity index (χ4v) is 1.04. The van der Waals surface area contributed by atoms with Gasteiger partial charge in [0.25, 0.3) is 0 Å². The second kappa shape index (κ2) is 4.01. The average molecular weight is 166 g/mol. The standard InChI is InChI=1S/C8H14N4/c1-3-4-7(9)5-8-10-6-11-12(8)2/h3,6-7H,1,4-5,9H2,2H3. The molecule has 0 aliphatic carbocycles. The molecule has 0 aliphatic rings. The highest BCUT2D eigenvalue weighted by atomic mass is 15.3. The summed E-state index contributed by atoms with van der Waals surface area (Å²) in [5.74, 6) is 0.921. The van der Waals surface area contributed by atoms with E-state index < -0.39 is 0 Å². The summed E-state index contributed by atoms with van der Waals surface area (Å²) in [6.45, 7) is 3.63. The summed E-state index contributed by atoms with van der Waals surface area (Å²) in [5.41, 5.74) is 5.79. The minimum Gasteiger partial charge on any atom is -0.327 e. The van der Waals surface area contributed by atoms with Crippen molar-refractivity contribution in [3.63, 3.8) is 0 Å². The highest BCUT2D eigenvalue weighted by molar-refractivity contribution is 4.90. The van der Waals surface area contributed by atoms with Gasteiger partial charge in [0.2, 0.25) is 0 Å². The molecular weight excluding hydrogens is 152 g/mol. The molecule has 0 bridgehead atoms. The number of aryl methyl sites for hydroxylation is 1. The number of nitrogens with two attached hydrogens (primary N) is 1. The molecule has 12 heavy (non-hydrogen) atoms. The molecule has 2 N–H and O–H groups in total. The van der Waals surface area contributed by atoms with Gasteiger partial charge in [-0.15, -0.1) is 6.58 Å². The van der Waals surface area contributed by atoms with E-state index in [9.17, 15) is 0 Å². The van der Waals surface area contributed by atoms with E-state index in [4.69, 9.17) is 5.73 Å². The lowest BCUT2D eigenvalue weighted by Crippen LogP contribution is -2.23. The lowest BCUT2D eigenvalue weighted by molar-refractivity contribution is 0.611. The summed E-state index contributed by atoms with van der Waals surface area (Å²) in [6.07, 6.45) is 4.92. The molecule has 0 fully saturated rings. The van der Waals surface area contributed by atoms with Crippen LogP contribution in [0.25, 0.3) is 0 Å². The molecule has 1 aromatic heterocycles. The Bertz CT molecular complexity index is 253. The summed E-state index contributed by atoms with van der Waals surface area (Å²) in [4.78, 5) is 4.08. The van der Waals surface area contributed by atoms with Crippen LogP contribution < -0.4 is 5.73 Å². The maximum Gasteiger partial charge on any atom is 0.138 e. The Morgan fingerprint density at radius 3 is 3.08 bits per heavy atom. The van der Waals surface area contributed by atoms with Crippen molar-refractivity contribution < 1.29 is 0 Å². The van der Waals surface area contributed by atoms with Crippen LogP contribution in [-0.2, 0) is 13.5 Å². The van der Waals surface area contributed by atoms with Crippen LogP contribution in [0.15, 0.2) is 19.0 Å². The van der Waals surface area contributed by atoms with Crippen LogP contribution in [0.4, 0.5) is 0 Å². The van der Waals surface area contributed by atoms with Crippen molar-refractivity contribution in [2.24, 2.45) is 12.8 Å². The molecule has 0 amide bonds. The Kier molecular flexibility index (Phi) is 2.99. The van der Waals surface area contributed by atoms with Gasteiger partial charge in [-0.2, -0.15) is 5.10 Å². The first-order valence-corrected chi connectivity index (χ1v) is 3.93. The van der Waals surface area contributed by atoms with Gasteiger partial charge < -0.3 is 5.73 Å². The zero-order valence-corrected chi connectivity index (χ0v) is 7.27. The molecule has 0 saturated heterocycles. The van der Waals surface area contributed by atoms with Gasteiger partial charge in [-0.1, -0.05) is 6.08 Å². The van der Waals surface area contributed by atoms with E-state index in [1.807, 2.05) is 13.1 Å². The molecule has 1 heterocycles. The lowest BCUT2D eigenvalue weighted by atomic mass is 10.1. The van der Waals surface area contributed by atoms with Gasteiger partial charge >= 0.3 is 0 Å². The molecule has 0 spiro atoms. The van der Waals surface area contributed by atoms with Gasteiger partial charge in [0.1, 0.15) is 12.2 Å². The molecule has 0 saturated carbocycles. The number of nitrogens with zero attached hydrogens (tertiary/aromatic N) is 3. The highest BCUT2D eigenvalue weighted by Crippen LogP contribution is 1.99. The van der Waals surface area contributed by atoms with E-state index in [1.165, 1.54) is 6.33 Å². The zero-order chi connectivity index (χ0) is 8.97. The molecule has 0 aliphatic heterocycles. The van der Waals surface area contributed by atoms with E-state index >= 15 is 0 Å². The van der Waals surface area contributed by atoms with Gasteiger partial charge in [0.15, 0.2) is 0 Å². The molecule has 4 nitrogen and oxygen atoms in total. The molecule has 0 aromatic carbocycles. The average Bonchev–Trinajstić information content (AvgIpc) is 2.37. The van der Waals surface area contributed by atoms with E-state index in [1.54, 1.807) is 4.68 Å².